The van der Waals surface area contributed by atoms with Crippen LogP contribution in [0.3, 0.4) is 0 Å². The van der Waals surface area contributed by atoms with E-state index in [1.165, 1.54) is 18.2 Å². The normalized spacial score (nSPS) is 10.6. The highest BCUT2D eigenvalue weighted by molar-refractivity contribution is 7.99. The lowest BCUT2D eigenvalue weighted by molar-refractivity contribution is -0.383. The number of hydrogen-bond donors (Lipinski definition) is 1. The monoisotopic (exact) mass is 487 g/mol. The predicted molar refractivity (Wildman–Crippen MR) is 128 cm³/mol. The molecule has 0 saturated heterocycles. The van der Waals surface area contributed by atoms with Gasteiger partial charge in [0.25, 0.3) is 5.69 Å². The molecule has 0 aliphatic rings. The number of aromatic nitrogens is 3. The van der Waals surface area contributed by atoms with Crippen molar-refractivity contribution < 1.29 is 14.5 Å². The molecule has 0 radical (unpaired) electrons. The highest BCUT2D eigenvalue weighted by Crippen LogP contribution is 2.27. The lowest BCUT2D eigenvalue weighted by Crippen LogP contribution is -2.16. The third-order valence-corrected chi connectivity index (χ3v) is 6.15. The van der Waals surface area contributed by atoms with Gasteiger partial charge in [-0.25, -0.2) is 0 Å². The van der Waals surface area contributed by atoms with E-state index in [2.05, 4.69) is 22.1 Å². The fraction of sp³-hybridized carbons (Fsp3) is 0.227. The number of allylic oxidation sites excluding steroid dienone is 1. The molecule has 1 aromatic heterocycles. The van der Waals surface area contributed by atoms with Crippen molar-refractivity contribution in [3.8, 4) is 5.75 Å². The molecule has 11 heteroatoms. The van der Waals surface area contributed by atoms with Crippen molar-refractivity contribution in [1.82, 2.24) is 14.8 Å². The van der Waals surface area contributed by atoms with Crippen LogP contribution in [0.1, 0.15) is 17.0 Å². The third-order valence-electron chi connectivity index (χ3n) is 4.59. The van der Waals surface area contributed by atoms with Crippen LogP contribution in [-0.4, -0.2) is 31.3 Å². The minimum atomic E-state index is -0.542. The van der Waals surface area contributed by atoms with Gasteiger partial charge in [-0.05, 0) is 43.2 Å². The number of amides is 1. The van der Waals surface area contributed by atoms with Gasteiger partial charge in [0.15, 0.2) is 11.0 Å². The molecular formula is C22H22ClN5O4S. The largest absolute Gasteiger partial charge is 0.486 e. The predicted octanol–water partition coefficient (Wildman–Crippen LogP) is 4.95. The summed E-state index contributed by atoms with van der Waals surface area (Å²) < 4.78 is 7.68. The number of carbonyl (C=O) groups excluding carboxylic acids is 1. The number of anilines is 1. The maximum Gasteiger partial charge on any atom is 0.292 e. The van der Waals surface area contributed by atoms with Gasteiger partial charge in [-0.2, -0.15) is 0 Å². The molecule has 172 valence electrons. The maximum atomic E-state index is 12.4. The lowest BCUT2D eigenvalue weighted by atomic mass is 10.1. The molecule has 0 atom stereocenters. The van der Waals surface area contributed by atoms with Crippen molar-refractivity contribution in [1.29, 1.82) is 0 Å². The molecule has 9 nitrogen and oxygen atoms in total. The fourth-order valence-electron chi connectivity index (χ4n) is 3.04. The molecule has 0 spiro atoms. The summed E-state index contributed by atoms with van der Waals surface area (Å²) >= 11 is 7.37. The average molecular weight is 488 g/mol. The number of carbonyl (C=O) groups is 1. The highest BCUT2D eigenvalue weighted by atomic mass is 35.5. The van der Waals surface area contributed by atoms with Crippen molar-refractivity contribution in [3.63, 3.8) is 0 Å². The van der Waals surface area contributed by atoms with Gasteiger partial charge in [-0.3, -0.25) is 19.5 Å². The van der Waals surface area contributed by atoms with Crippen LogP contribution in [-0.2, 0) is 17.9 Å². The van der Waals surface area contributed by atoms with E-state index in [0.717, 1.165) is 22.9 Å². The Balaban J connectivity index is 1.66. The first kappa shape index (κ1) is 24.3. The number of benzene rings is 2. The SMILES string of the molecule is C=CCn1c(COc2cc(C)c(Cl)c(C)c2)nnc1SCC(=O)Nc1ccccc1[N+](=O)[O-]. The Morgan fingerprint density at radius 2 is 2.00 bits per heavy atom. The lowest BCUT2D eigenvalue weighted by Gasteiger charge is -2.11. The van der Waals surface area contributed by atoms with Crippen LogP contribution in [0.25, 0.3) is 0 Å². The summed E-state index contributed by atoms with van der Waals surface area (Å²) in [6.45, 7) is 8.18. The van der Waals surface area contributed by atoms with Crippen LogP contribution < -0.4 is 10.1 Å². The molecule has 1 amide bonds. The first-order chi connectivity index (χ1) is 15.8. The Hall–Kier alpha value is -3.37. The number of nitrogens with one attached hydrogen (secondary N) is 1. The topological polar surface area (TPSA) is 112 Å². The van der Waals surface area contributed by atoms with E-state index in [0.29, 0.717) is 28.3 Å². The minimum Gasteiger partial charge on any atom is -0.486 e. The molecule has 0 aliphatic heterocycles. The second-order valence-electron chi connectivity index (χ2n) is 7.07. The van der Waals surface area contributed by atoms with Crippen molar-refractivity contribution >= 4 is 40.6 Å². The summed E-state index contributed by atoms with van der Waals surface area (Å²) in [6.07, 6.45) is 1.70. The number of aryl methyl sites for hydroxylation is 2. The van der Waals surface area contributed by atoms with E-state index in [4.69, 9.17) is 16.3 Å². The maximum absolute atomic E-state index is 12.4. The van der Waals surface area contributed by atoms with Gasteiger partial charge >= 0.3 is 0 Å². The molecule has 2 aromatic carbocycles. The van der Waals surface area contributed by atoms with Crippen molar-refractivity contribution in [2.24, 2.45) is 0 Å². The van der Waals surface area contributed by atoms with Crippen LogP contribution in [0.5, 0.6) is 5.75 Å². The van der Waals surface area contributed by atoms with Crippen LogP contribution in [0.4, 0.5) is 11.4 Å². The standard InChI is InChI=1S/C22H22ClN5O4S/c1-4-9-27-19(12-32-16-10-14(2)21(23)15(3)11-16)25-26-22(27)33-13-20(29)24-17-7-5-6-8-18(17)28(30)31/h4-8,10-11H,1,9,12-13H2,2-3H3,(H,24,29). The Morgan fingerprint density at radius 1 is 1.30 bits per heavy atom. The van der Waals surface area contributed by atoms with Crippen LogP contribution in [0.15, 0.2) is 54.2 Å². The summed E-state index contributed by atoms with van der Waals surface area (Å²) in [4.78, 5) is 22.9. The van der Waals surface area contributed by atoms with Gasteiger partial charge in [0.2, 0.25) is 5.91 Å². The first-order valence-corrected chi connectivity index (χ1v) is 11.2. The number of nitrogens with zero attached hydrogens (tertiary/aromatic N) is 4. The number of nitro groups is 1. The minimum absolute atomic E-state index is 0.00223. The van der Waals surface area contributed by atoms with E-state index in [1.807, 2.05) is 26.0 Å². The van der Waals surface area contributed by atoms with E-state index in [9.17, 15) is 14.9 Å². The molecule has 3 aromatic rings. The molecule has 0 unspecified atom stereocenters. The van der Waals surface area contributed by atoms with Crippen molar-refractivity contribution in [3.05, 3.63) is 81.1 Å². The average Bonchev–Trinajstić information content (AvgIpc) is 3.16. The zero-order chi connectivity index (χ0) is 24.0. The molecular weight excluding hydrogens is 466 g/mol. The summed E-state index contributed by atoms with van der Waals surface area (Å²) in [5, 5.41) is 23.2. The Bertz CT molecular complexity index is 1170. The molecule has 33 heavy (non-hydrogen) atoms. The Labute approximate surface area is 200 Å². The number of hydrogen-bond acceptors (Lipinski definition) is 7. The summed E-state index contributed by atoms with van der Waals surface area (Å²) in [6, 6.07) is 9.68. The van der Waals surface area contributed by atoms with E-state index < -0.39 is 10.8 Å². The zero-order valence-electron chi connectivity index (χ0n) is 18.1. The Morgan fingerprint density at radius 3 is 2.67 bits per heavy atom. The summed E-state index contributed by atoms with van der Waals surface area (Å²) in [5.74, 6) is 0.840. The number of para-hydroxylation sites is 2. The second-order valence-corrected chi connectivity index (χ2v) is 8.39. The highest BCUT2D eigenvalue weighted by Gasteiger charge is 2.17. The molecule has 1 heterocycles. The zero-order valence-corrected chi connectivity index (χ0v) is 19.7. The van der Waals surface area contributed by atoms with Gasteiger partial charge in [0.1, 0.15) is 18.0 Å². The molecule has 0 aliphatic carbocycles. The summed E-state index contributed by atoms with van der Waals surface area (Å²) in [7, 11) is 0. The van der Waals surface area contributed by atoms with E-state index in [-0.39, 0.29) is 23.7 Å². The number of ether oxygens (including phenoxy) is 1. The van der Waals surface area contributed by atoms with Gasteiger partial charge in [0.05, 0.1) is 10.7 Å². The third kappa shape index (κ3) is 6.11. The first-order valence-electron chi connectivity index (χ1n) is 9.88. The number of rotatable bonds is 10. The molecule has 0 fully saturated rings. The van der Waals surface area contributed by atoms with E-state index >= 15 is 0 Å². The molecule has 0 bridgehead atoms. The number of halogens is 1. The van der Waals surface area contributed by atoms with Gasteiger partial charge in [-0.15, -0.1) is 16.8 Å². The molecule has 3 rings (SSSR count). The van der Waals surface area contributed by atoms with Crippen LogP contribution in [0.2, 0.25) is 5.02 Å². The van der Waals surface area contributed by atoms with Gasteiger partial charge in [-0.1, -0.05) is 41.6 Å². The summed E-state index contributed by atoms with van der Waals surface area (Å²) in [5.41, 5.74) is 1.81. The van der Waals surface area contributed by atoms with Crippen LogP contribution >= 0.6 is 23.4 Å². The molecule has 1 N–H and O–H groups in total. The Kier molecular flexibility index (Phi) is 8.07. The molecule has 0 saturated carbocycles. The quantitative estimate of drug-likeness (QED) is 0.186. The van der Waals surface area contributed by atoms with Gasteiger partial charge < -0.3 is 10.1 Å². The number of thioether (sulfide) groups is 1. The number of nitro benzene ring substituents is 1. The van der Waals surface area contributed by atoms with Crippen molar-refractivity contribution in [2.75, 3.05) is 11.1 Å². The smallest absolute Gasteiger partial charge is 0.292 e. The van der Waals surface area contributed by atoms with Gasteiger partial charge in [0, 0.05) is 17.6 Å². The van der Waals surface area contributed by atoms with E-state index in [1.54, 1.807) is 16.7 Å². The second kappa shape index (κ2) is 11.0. The van der Waals surface area contributed by atoms with Crippen LogP contribution in [0, 0.1) is 24.0 Å². The fourth-order valence-corrected chi connectivity index (χ4v) is 3.91. The van der Waals surface area contributed by atoms with Crippen molar-refractivity contribution in [2.45, 2.75) is 32.2 Å².